The molecule has 22 heavy (non-hydrogen) atoms. The molecule has 0 unspecified atom stereocenters. The molecule has 2 rings (SSSR count). The SMILES string of the molecule is O=[N+]([O-])c1ccc(OCC=Cc2cccc([N+](=O)[O-])c2)cc1. The maximum atomic E-state index is 10.7. The molecule has 0 aromatic heterocycles. The van der Waals surface area contributed by atoms with Crippen LogP contribution in [0.5, 0.6) is 5.75 Å². The zero-order chi connectivity index (χ0) is 15.9. The summed E-state index contributed by atoms with van der Waals surface area (Å²) in [4.78, 5) is 20.2. The molecule has 0 saturated carbocycles. The fourth-order valence-corrected chi connectivity index (χ4v) is 1.73. The van der Waals surface area contributed by atoms with Crippen molar-refractivity contribution in [1.29, 1.82) is 0 Å². The number of benzene rings is 2. The van der Waals surface area contributed by atoms with E-state index >= 15 is 0 Å². The van der Waals surface area contributed by atoms with E-state index in [0.29, 0.717) is 11.3 Å². The van der Waals surface area contributed by atoms with Gasteiger partial charge < -0.3 is 4.74 Å². The van der Waals surface area contributed by atoms with Crippen molar-refractivity contribution in [2.24, 2.45) is 0 Å². The number of hydrogen-bond donors (Lipinski definition) is 0. The van der Waals surface area contributed by atoms with Crippen molar-refractivity contribution in [3.8, 4) is 5.75 Å². The van der Waals surface area contributed by atoms with Gasteiger partial charge in [0.05, 0.1) is 9.85 Å². The highest BCUT2D eigenvalue weighted by molar-refractivity contribution is 5.53. The molecule has 0 aliphatic heterocycles. The summed E-state index contributed by atoms with van der Waals surface area (Å²) in [7, 11) is 0. The molecule has 2 aromatic rings. The molecular weight excluding hydrogens is 288 g/mol. The number of non-ortho nitro benzene ring substituents is 2. The molecule has 0 aliphatic rings. The van der Waals surface area contributed by atoms with Gasteiger partial charge in [0.2, 0.25) is 0 Å². The lowest BCUT2D eigenvalue weighted by atomic mass is 10.2. The molecular formula is C15H12N2O5. The Morgan fingerprint density at radius 1 is 0.955 bits per heavy atom. The fraction of sp³-hybridized carbons (Fsp3) is 0.0667. The summed E-state index contributed by atoms with van der Waals surface area (Å²) in [5.74, 6) is 0.509. The third-order valence-electron chi connectivity index (χ3n) is 2.79. The van der Waals surface area contributed by atoms with Crippen LogP contribution in [0.15, 0.2) is 54.6 Å². The highest BCUT2D eigenvalue weighted by atomic mass is 16.6. The summed E-state index contributed by atoms with van der Waals surface area (Å²) < 4.78 is 5.40. The van der Waals surface area contributed by atoms with Gasteiger partial charge in [-0.15, -0.1) is 0 Å². The van der Waals surface area contributed by atoms with Crippen molar-refractivity contribution in [3.05, 3.63) is 80.4 Å². The molecule has 0 heterocycles. The zero-order valence-corrected chi connectivity index (χ0v) is 11.4. The molecule has 0 radical (unpaired) electrons. The second kappa shape index (κ2) is 6.98. The Labute approximate surface area is 125 Å². The van der Waals surface area contributed by atoms with E-state index in [1.807, 2.05) is 0 Å². The Morgan fingerprint density at radius 2 is 1.64 bits per heavy atom. The highest BCUT2D eigenvalue weighted by Gasteiger charge is 2.04. The molecule has 0 N–H and O–H groups in total. The Morgan fingerprint density at radius 3 is 2.27 bits per heavy atom. The Kier molecular flexibility index (Phi) is 4.81. The van der Waals surface area contributed by atoms with Gasteiger partial charge in [-0.1, -0.05) is 18.2 Å². The minimum absolute atomic E-state index is 0.000475. The lowest BCUT2D eigenvalue weighted by molar-refractivity contribution is -0.385. The van der Waals surface area contributed by atoms with Crippen LogP contribution in [-0.2, 0) is 0 Å². The topological polar surface area (TPSA) is 95.5 Å². The molecule has 0 fully saturated rings. The third-order valence-corrected chi connectivity index (χ3v) is 2.79. The average Bonchev–Trinajstić information content (AvgIpc) is 2.52. The summed E-state index contributed by atoms with van der Waals surface area (Å²) in [5.41, 5.74) is 0.722. The van der Waals surface area contributed by atoms with E-state index in [0.717, 1.165) is 0 Å². The van der Waals surface area contributed by atoms with Gasteiger partial charge in [0, 0.05) is 24.3 Å². The Bertz CT molecular complexity index is 710. The van der Waals surface area contributed by atoms with Crippen molar-refractivity contribution in [2.75, 3.05) is 6.61 Å². The van der Waals surface area contributed by atoms with Gasteiger partial charge in [0.1, 0.15) is 12.4 Å². The minimum atomic E-state index is -0.480. The number of rotatable bonds is 6. The summed E-state index contributed by atoms with van der Waals surface area (Å²) in [6.45, 7) is 0.250. The van der Waals surface area contributed by atoms with Gasteiger partial charge >= 0.3 is 0 Å². The summed E-state index contributed by atoms with van der Waals surface area (Å²) in [6.07, 6.45) is 3.42. The van der Waals surface area contributed by atoms with Gasteiger partial charge in [-0.25, -0.2) is 0 Å². The molecule has 112 valence electrons. The monoisotopic (exact) mass is 300 g/mol. The van der Waals surface area contributed by atoms with E-state index in [-0.39, 0.29) is 18.0 Å². The van der Waals surface area contributed by atoms with E-state index in [9.17, 15) is 20.2 Å². The van der Waals surface area contributed by atoms with Crippen LogP contribution in [0.2, 0.25) is 0 Å². The lowest BCUT2D eigenvalue weighted by Gasteiger charge is -2.02. The van der Waals surface area contributed by atoms with Crippen LogP contribution in [0.4, 0.5) is 11.4 Å². The van der Waals surface area contributed by atoms with Crippen LogP contribution in [0.1, 0.15) is 5.56 Å². The molecule has 7 heteroatoms. The summed E-state index contributed by atoms with van der Waals surface area (Å²) in [6, 6.07) is 12.0. The first-order chi connectivity index (χ1) is 10.6. The number of nitrogens with zero attached hydrogens (tertiary/aromatic N) is 2. The van der Waals surface area contributed by atoms with Crippen molar-refractivity contribution in [3.63, 3.8) is 0 Å². The predicted molar refractivity (Wildman–Crippen MR) is 80.7 cm³/mol. The minimum Gasteiger partial charge on any atom is -0.490 e. The van der Waals surface area contributed by atoms with Crippen LogP contribution >= 0.6 is 0 Å². The van der Waals surface area contributed by atoms with Crippen molar-refractivity contribution in [2.45, 2.75) is 0 Å². The number of nitro benzene ring substituents is 2. The van der Waals surface area contributed by atoms with Crippen LogP contribution in [0, 0.1) is 20.2 Å². The smallest absolute Gasteiger partial charge is 0.270 e. The van der Waals surface area contributed by atoms with Gasteiger partial charge in [-0.2, -0.15) is 0 Å². The molecule has 0 amide bonds. The van der Waals surface area contributed by atoms with Crippen LogP contribution in [0.25, 0.3) is 6.08 Å². The van der Waals surface area contributed by atoms with Gasteiger partial charge in [-0.3, -0.25) is 20.2 Å². The quantitative estimate of drug-likeness (QED) is 0.600. The summed E-state index contributed by atoms with van der Waals surface area (Å²) >= 11 is 0. The number of hydrogen-bond acceptors (Lipinski definition) is 5. The first kappa shape index (κ1) is 15.2. The van der Waals surface area contributed by atoms with Gasteiger partial charge in [0.15, 0.2) is 0 Å². The molecule has 0 saturated heterocycles. The second-order valence-electron chi connectivity index (χ2n) is 4.32. The van der Waals surface area contributed by atoms with E-state index in [1.54, 1.807) is 24.3 Å². The average molecular weight is 300 g/mol. The Balaban J connectivity index is 1.91. The van der Waals surface area contributed by atoms with E-state index in [2.05, 4.69) is 0 Å². The lowest BCUT2D eigenvalue weighted by Crippen LogP contribution is -1.94. The summed E-state index contributed by atoms with van der Waals surface area (Å²) in [5, 5.41) is 21.2. The second-order valence-corrected chi connectivity index (χ2v) is 4.32. The molecule has 0 bridgehead atoms. The molecule has 2 aromatic carbocycles. The molecule has 0 aliphatic carbocycles. The van der Waals surface area contributed by atoms with Crippen molar-refractivity contribution >= 4 is 17.5 Å². The van der Waals surface area contributed by atoms with E-state index < -0.39 is 9.85 Å². The molecule has 0 atom stereocenters. The van der Waals surface area contributed by atoms with Gasteiger partial charge in [-0.05, 0) is 23.8 Å². The largest absolute Gasteiger partial charge is 0.490 e. The van der Waals surface area contributed by atoms with E-state index in [1.165, 1.54) is 36.4 Å². The van der Waals surface area contributed by atoms with Crippen LogP contribution in [-0.4, -0.2) is 16.5 Å². The maximum absolute atomic E-state index is 10.7. The standard InChI is InChI=1S/C15H12N2O5/c18-16(19)13-6-8-15(9-7-13)22-10-2-4-12-3-1-5-14(11-12)17(20)21/h1-9,11H,10H2. The zero-order valence-electron chi connectivity index (χ0n) is 11.4. The van der Waals surface area contributed by atoms with Crippen LogP contribution in [0.3, 0.4) is 0 Å². The molecule has 0 spiro atoms. The normalized spacial score (nSPS) is 10.5. The van der Waals surface area contributed by atoms with Crippen molar-refractivity contribution in [1.82, 2.24) is 0 Å². The third kappa shape index (κ3) is 4.14. The molecule has 7 nitrogen and oxygen atoms in total. The fourth-order valence-electron chi connectivity index (χ4n) is 1.73. The first-order valence-corrected chi connectivity index (χ1v) is 6.34. The van der Waals surface area contributed by atoms with E-state index in [4.69, 9.17) is 4.74 Å². The predicted octanol–water partition coefficient (Wildman–Crippen LogP) is 3.60. The number of ether oxygens (including phenoxy) is 1. The first-order valence-electron chi connectivity index (χ1n) is 6.34. The number of nitro groups is 2. The van der Waals surface area contributed by atoms with Gasteiger partial charge in [0.25, 0.3) is 11.4 Å². The van der Waals surface area contributed by atoms with Crippen LogP contribution < -0.4 is 4.74 Å². The highest BCUT2D eigenvalue weighted by Crippen LogP contribution is 2.17. The Hall–Kier alpha value is -3.22. The van der Waals surface area contributed by atoms with Crippen molar-refractivity contribution < 1.29 is 14.6 Å². The maximum Gasteiger partial charge on any atom is 0.270 e.